The average molecular weight is 415 g/mol. The van der Waals surface area contributed by atoms with Crippen molar-refractivity contribution in [1.29, 1.82) is 0 Å². The summed E-state index contributed by atoms with van der Waals surface area (Å²) in [5.74, 6) is 1.11. The fraction of sp³-hybridized carbons (Fsp3) is 0.250. The number of halogens is 2. The highest BCUT2D eigenvalue weighted by molar-refractivity contribution is 5.69. The van der Waals surface area contributed by atoms with Crippen LogP contribution < -0.4 is 20.5 Å². The number of morpholine rings is 1. The molecule has 1 aliphatic heterocycles. The molecule has 1 fully saturated rings. The van der Waals surface area contributed by atoms with Gasteiger partial charge in [0.25, 0.3) is 5.56 Å². The Morgan fingerprint density at radius 3 is 2.63 bits per heavy atom. The number of anilines is 3. The molecule has 0 unspecified atom stereocenters. The molecule has 0 bridgehead atoms. The summed E-state index contributed by atoms with van der Waals surface area (Å²) in [6, 6.07) is 9.50. The first-order chi connectivity index (χ1) is 14.6. The number of ether oxygens (including phenoxy) is 2. The van der Waals surface area contributed by atoms with E-state index in [0.717, 1.165) is 5.56 Å². The van der Waals surface area contributed by atoms with Gasteiger partial charge in [0.05, 0.1) is 13.2 Å². The van der Waals surface area contributed by atoms with Crippen LogP contribution in [0.4, 0.5) is 26.2 Å². The van der Waals surface area contributed by atoms with Gasteiger partial charge in [-0.05, 0) is 29.8 Å². The van der Waals surface area contributed by atoms with Crippen LogP contribution in [-0.2, 0) is 4.74 Å². The fourth-order valence-corrected chi connectivity index (χ4v) is 3.04. The SMILES string of the molecule is O=c1[nH]cc(-c2ccc(OC(F)F)cc2)cc1Nc1ccnc(N2CCOCC2)n1. The third-order valence-corrected chi connectivity index (χ3v) is 4.52. The van der Waals surface area contributed by atoms with Crippen LogP contribution >= 0.6 is 0 Å². The molecule has 10 heteroatoms. The van der Waals surface area contributed by atoms with Crippen LogP contribution in [0, 0.1) is 0 Å². The predicted octanol–water partition coefficient (Wildman–Crippen LogP) is 3.01. The largest absolute Gasteiger partial charge is 0.435 e. The molecule has 8 nitrogen and oxygen atoms in total. The van der Waals surface area contributed by atoms with E-state index in [9.17, 15) is 13.6 Å². The van der Waals surface area contributed by atoms with Crippen molar-refractivity contribution < 1.29 is 18.3 Å². The molecule has 0 saturated carbocycles. The molecular weight excluding hydrogens is 396 g/mol. The van der Waals surface area contributed by atoms with Gasteiger partial charge in [-0.25, -0.2) is 4.98 Å². The summed E-state index contributed by atoms with van der Waals surface area (Å²) in [7, 11) is 0. The minimum absolute atomic E-state index is 0.0631. The normalized spacial score (nSPS) is 14.0. The van der Waals surface area contributed by atoms with Gasteiger partial charge in [-0.15, -0.1) is 0 Å². The smallest absolute Gasteiger partial charge is 0.387 e. The van der Waals surface area contributed by atoms with Crippen molar-refractivity contribution in [2.75, 3.05) is 36.5 Å². The summed E-state index contributed by atoms with van der Waals surface area (Å²) in [4.78, 5) is 25.7. The number of alkyl halides is 2. The number of nitrogens with one attached hydrogen (secondary N) is 2. The first-order valence-electron chi connectivity index (χ1n) is 9.29. The van der Waals surface area contributed by atoms with Crippen molar-refractivity contribution in [2.45, 2.75) is 6.61 Å². The zero-order chi connectivity index (χ0) is 20.9. The fourth-order valence-electron chi connectivity index (χ4n) is 3.04. The summed E-state index contributed by atoms with van der Waals surface area (Å²) in [5, 5.41) is 3.02. The van der Waals surface area contributed by atoms with Crippen molar-refractivity contribution >= 4 is 17.5 Å². The lowest BCUT2D eigenvalue weighted by Gasteiger charge is -2.26. The van der Waals surface area contributed by atoms with E-state index in [0.29, 0.717) is 49.3 Å². The van der Waals surface area contributed by atoms with Gasteiger partial charge < -0.3 is 24.7 Å². The van der Waals surface area contributed by atoms with Gasteiger partial charge in [-0.2, -0.15) is 13.8 Å². The van der Waals surface area contributed by atoms with Crippen LogP contribution in [0.3, 0.4) is 0 Å². The van der Waals surface area contributed by atoms with E-state index in [4.69, 9.17) is 4.74 Å². The molecule has 1 aliphatic rings. The summed E-state index contributed by atoms with van der Waals surface area (Å²) in [6.45, 7) is -0.251. The van der Waals surface area contributed by atoms with Crippen LogP contribution in [-0.4, -0.2) is 47.9 Å². The van der Waals surface area contributed by atoms with E-state index in [1.807, 2.05) is 4.90 Å². The van der Waals surface area contributed by atoms with Crippen molar-refractivity contribution in [3.8, 4) is 16.9 Å². The van der Waals surface area contributed by atoms with E-state index in [2.05, 4.69) is 25.0 Å². The number of aromatic amines is 1. The molecule has 0 radical (unpaired) electrons. The maximum absolute atomic E-state index is 12.3. The van der Waals surface area contributed by atoms with Crippen LogP contribution in [0.5, 0.6) is 5.75 Å². The monoisotopic (exact) mass is 415 g/mol. The van der Waals surface area contributed by atoms with E-state index in [1.54, 1.807) is 36.7 Å². The molecule has 30 heavy (non-hydrogen) atoms. The zero-order valence-electron chi connectivity index (χ0n) is 15.8. The van der Waals surface area contributed by atoms with Gasteiger partial charge in [0.15, 0.2) is 0 Å². The first kappa shape index (κ1) is 19.8. The van der Waals surface area contributed by atoms with Crippen LogP contribution in [0.2, 0.25) is 0 Å². The number of aromatic nitrogens is 3. The number of H-pyrrole nitrogens is 1. The second-order valence-electron chi connectivity index (χ2n) is 6.50. The van der Waals surface area contributed by atoms with Crippen LogP contribution in [0.15, 0.2) is 53.6 Å². The van der Waals surface area contributed by atoms with E-state index in [-0.39, 0.29) is 11.3 Å². The highest BCUT2D eigenvalue weighted by Gasteiger charge is 2.14. The zero-order valence-corrected chi connectivity index (χ0v) is 15.8. The molecule has 1 saturated heterocycles. The second kappa shape index (κ2) is 8.87. The Bertz CT molecular complexity index is 1050. The third-order valence-electron chi connectivity index (χ3n) is 4.52. The van der Waals surface area contributed by atoms with Crippen molar-refractivity contribution in [3.05, 3.63) is 59.1 Å². The quantitative estimate of drug-likeness (QED) is 0.639. The number of pyridine rings is 1. The van der Waals surface area contributed by atoms with Crippen LogP contribution in [0.25, 0.3) is 11.1 Å². The Morgan fingerprint density at radius 2 is 1.90 bits per heavy atom. The Labute approximate surface area is 170 Å². The summed E-state index contributed by atoms with van der Waals surface area (Å²) in [6.07, 6.45) is 3.18. The molecule has 2 aromatic heterocycles. The molecule has 0 aliphatic carbocycles. The summed E-state index contributed by atoms with van der Waals surface area (Å²) >= 11 is 0. The lowest BCUT2D eigenvalue weighted by atomic mass is 10.1. The number of nitrogens with zero attached hydrogens (tertiary/aromatic N) is 3. The molecule has 3 aromatic rings. The molecule has 156 valence electrons. The molecule has 2 N–H and O–H groups in total. The van der Waals surface area contributed by atoms with Gasteiger partial charge in [-0.1, -0.05) is 12.1 Å². The maximum atomic E-state index is 12.3. The third kappa shape index (κ3) is 4.71. The topological polar surface area (TPSA) is 92.4 Å². The van der Waals surface area contributed by atoms with Crippen LogP contribution in [0.1, 0.15) is 0 Å². The van der Waals surface area contributed by atoms with Crippen molar-refractivity contribution in [1.82, 2.24) is 15.0 Å². The van der Waals surface area contributed by atoms with E-state index < -0.39 is 6.61 Å². The highest BCUT2D eigenvalue weighted by Crippen LogP contribution is 2.24. The predicted molar refractivity (Wildman–Crippen MR) is 107 cm³/mol. The van der Waals surface area contributed by atoms with Crippen molar-refractivity contribution in [3.63, 3.8) is 0 Å². The molecule has 0 atom stereocenters. The lowest BCUT2D eigenvalue weighted by Crippen LogP contribution is -2.37. The molecule has 4 rings (SSSR count). The summed E-state index contributed by atoms with van der Waals surface area (Å²) in [5.41, 5.74) is 1.41. The van der Waals surface area contributed by atoms with Crippen molar-refractivity contribution in [2.24, 2.45) is 0 Å². The van der Waals surface area contributed by atoms with Gasteiger partial charge in [-0.3, -0.25) is 4.79 Å². The Balaban J connectivity index is 1.55. The highest BCUT2D eigenvalue weighted by atomic mass is 19.3. The molecule has 3 heterocycles. The van der Waals surface area contributed by atoms with Gasteiger partial charge in [0, 0.05) is 31.0 Å². The molecule has 0 spiro atoms. The average Bonchev–Trinajstić information content (AvgIpc) is 2.76. The number of hydrogen-bond donors (Lipinski definition) is 2. The van der Waals surface area contributed by atoms with Gasteiger partial charge in [0.2, 0.25) is 5.95 Å². The Hall–Kier alpha value is -3.53. The number of rotatable bonds is 6. The van der Waals surface area contributed by atoms with Gasteiger partial charge in [0.1, 0.15) is 17.3 Å². The lowest BCUT2D eigenvalue weighted by molar-refractivity contribution is -0.0498. The maximum Gasteiger partial charge on any atom is 0.387 e. The second-order valence-corrected chi connectivity index (χ2v) is 6.50. The number of hydrogen-bond acceptors (Lipinski definition) is 7. The summed E-state index contributed by atoms with van der Waals surface area (Å²) < 4.78 is 34.3. The minimum Gasteiger partial charge on any atom is -0.435 e. The Morgan fingerprint density at radius 1 is 1.13 bits per heavy atom. The van der Waals surface area contributed by atoms with E-state index in [1.165, 1.54) is 12.1 Å². The van der Waals surface area contributed by atoms with E-state index >= 15 is 0 Å². The Kier molecular flexibility index (Phi) is 5.84. The molecular formula is C20H19F2N5O3. The first-order valence-corrected chi connectivity index (χ1v) is 9.29. The minimum atomic E-state index is -2.88. The molecule has 1 aromatic carbocycles. The number of benzene rings is 1. The standard InChI is InChI=1S/C20H19F2N5O3/c21-19(22)30-15-3-1-13(2-4-15)14-11-16(18(28)24-12-14)25-17-5-6-23-20(26-17)27-7-9-29-10-8-27/h1-6,11-12,19H,7-10H2,(H,24,28)(H,23,25,26). The van der Waals surface area contributed by atoms with Gasteiger partial charge >= 0.3 is 6.61 Å². The molecule has 0 amide bonds.